The Morgan fingerprint density at radius 1 is 1.16 bits per heavy atom. The number of aromatic amines is 1. The Labute approximate surface area is 188 Å². The molecule has 0 spiro atoms. The molecule has 0 aliphatic carbocycles. The second kappa shape index (κ2) is 8.56. The molecule has 5 nitrogen and oxygen atoms in total. The number of urea groups is 1. The lowest BCUT2D eigenvalue weighted by molar-refractivity contribution is 0.185. The van der Waals surface area contributed by atoms with Gasteiger partial charge in [-0.1, -0.05) is 36.7 Å². The number of H-pyrrole nitrogens is 1. The lowest BCUT2D eigenvalue weighted by atomic mass is 9.99. The van der Waals surface area contributed by atoms with Gasteiger partial charge in [-0.3, -0.25) is 4.90 Å². The van der Waals surface area contributed by atoms with Crippen molar-refractivity contribution in [1.82, 2.24) is 15.2 Å². The fraction of sp³-hybridized carbons (Fsp3) is 0.400. The van der Waals surface area contributed by atoms with Crippen LogP contribution in [0.2, 0.25) is 5.02 Å². The highest BCUT2D eigenvalue weighted by molar-refractivity contribution is 6.38. The number of benzene rings is 2. The summed E-state index contributed by atoms with van der Waals surface area (Å²) in [6.45, 7) is 6.76. The number of aromatic nitrogens is 1. The van der Waals surface area contributed by atoms with Crippen LogP contribution in [-0.2, 0) is 6.42 Å². The Balaban J connectivity index is 1.41. The number of hydrogen-bond acceptors (Lipinski definition) is 2. The minimum atomic E-state index is 0.121. The quantitative estimate of drug-likeness (QED) is 0.551. The fourth-order valence-electron chi connectivity index (χ4n) is 4.71. The number of nitrogens with one attached hydrogen (secondary N) is 2. The number of carbonyl (C=O) groups is 1. The normalized spacial score (nSPS) is 17.4. The summed E-state index contributed by atoms with van der Waals surface area (Å²) in [5.74, 6) is 0.713. The molecule has 2 saturated heterocycles. The molecule has 0 atom stereocenters. The summed E-state index contributed by atoms with van der Waals surface area (Å²) in [5, 5.41) is 5.18. The molecule has 3 heterocycles. The van der Waals surface area contributed by atoms with E-state index in [2.05, 4.69) is 41.5 Å². The molecule has 0 saturated carbocycles. The van der Waals surface area contributed by atoms with E-state index in [9.17, 15) is 4.79 Å². The van der Waals surface area contributed by atoms with E-state index in [1.54, 1.807) is 0 Å². The van der Waals surface area contributed by atoms with Crippen molar-refractivity contribution in [2.24, 2.45) is 5.92 Å². The Kier molecular flexibility index (Phi) is 5.63. The van der Waals surface area contributed by atoms with E-state index in [0.717, 1.165) is 84.7 Å². The van der Waals surface area contributed by atoms with E-state index in [-0.39, 0.29) is 6.03 Å². The summed E-state index contributed by atoms with van der Waals surface area (Å²) >= 11 is 6.87. The van der Waals surface area contributed by atoms with Gasteiger partial charge in [0.2, 0.25) is 0 Å². The molecule has 6 heteroatoms. The standard InChI is InChI=1S/C25H29ClN4O/c1-2-18-16-28-22-8-7-21(24(26)23(18)22)19-5-3-6-20(13-19)30-11-4-10-29(25(30)31)12-9-17-14-27-15-17/h3,5-8,13,16-17,27-28H,2,4,9-12,14-15H2,1H3. The maximum atomic E-state index is 13.2. The summed E-state index contributed by atoms with van der Waals surface area (Å²) in [6, 6.07) is 12.5. The first-order valence-electron chi connectivity index (χ1n) is 11.3. The highest BCUT2D eigenvalue weighted by atomic mass is 35.5. The van der Waals surface area contributed by atoms with Crippen LogP contribution < -0.4 is 10.2 Å². The van der Waals surface area contributed by atoms with E-state index >= 15 is 0 Å². The number of aryl methyl sites for hydroxylation is 1. The van der Waals surface area contributed by atoms with Crippen molar-refractivity contribution in [3.05, 3.63) is 53.2 Å². The molecule has 0 radical (unpaired) electrons. The zero-order valence-electron chi connectivity index (χ0n) is 18.0. The van der Waals surface area contributed by atoms with E-state index in [1.807, 2.05) is 28.1 Å². The molecule has 5 rings (SSSR count). The van der Waals surface area contributed by atoms with Crippen molar-refractivity contribution in [2.45, 2.75) is 26.2 Å². The van der Waals surface area contributed by atoms with Crippen molar-refractivity contribution < 1.29 is 4.79 Å². The molecule has 2 aliphatic rings. The van der Waals surface area contributed by atoms with Crippen molar-refractivity contribution >= 4 is 34.2 Å². The Morgan fingerprint density at radius 3 is 2.81 bits per heavy atom. The average Bonchev–Trinajstić information content (AvgIpc) is 3.18. The lowest BCUT2D eigenvalue weighted by Gasteiger charge is -2.37. The number of carbonyl (C=O) groups excluding carboxylic acids is 1. The molecule has 2 N–H and O–H groups in total. The van der Waals surface area contributed by atoms with Crippen molar-refractivity contribution in [1.29, 1.82) is 0 Å². The van der Waals surface area contributed by atoms with Gasteiger partial charge in [-0.15, -0.1) is 0 Å². The summed E-state index contributed by atoms with van der Waals surface area (Å²) in [7, 11) is 0. The molecule has 162 valence electrons. The van der Waals surface area contributed by atoms with E-state index in [0.29, 0.717) is 5.92 Å². The largest absolute Gasteiger partial charge is 0.361 e. The molecule has 2 amide bonds. The van der Waals surface area contributed by atoms with Gasteiger partial charge in [-0.25, -0.2) is 4.79 Å². The predicted molar refractivity (Wildman–Crippen MR) is 128 cm³/mol. The van der Waals surface area contributed by atoms with Crippen LogP contribution in [0.5, 0.6) is 0 Å². The molecule has 2 aliphatic heterocycles. The minimum Gasteiger partial charge on any atom is -0.361 e. The first kappa shape index (κ1) is 20.4. The van der Waals surface area contributed by atoms with Crippen LogP contribution in [0.1, 0.15) is 25.3 Å². The first-order chi connectivity index (χ1) is 15.2. The zero-order chi connectivity index (χ0) is 21.4. The fourth-order valence-corrected chi connectivity index (χ4v) is 5.11. The Hall–Kier alpha value is -2.50. The van der Waals surface area contributed by atoms with Gasteiger partial charge < -0.3 is 15.2 Å². The summed E-state index contributed by atoms with van der Waals surface area (Å²) in [6.07, 6.45) is 5.04. The highest BCUT2D eigenvalue weighted by Crippen LogP contribution is 2.37. The monoisotopic (exact) mass is 436 g/mol. The molecule has 31 heavy (non-hydrogen) atoms. The van der Waals surface area contributed by atoms with Crippen LogP contribution in [0.3, 0.4) is 0 Å². The summed E-state index contributed by atoms with van der Waals surface area (Å²) < 4.78 is 0. The van der Waals surface area contributed by atoms with Crippen molar-refractivity contribution in [2.75, 3.05) is 37.6 Å². The van der Waals surface area contributed by atoms with E-state index < -0.39 is 0 Å². The van der Waals surface area contributed by atoms with Crippen molar-refractivity contribution in [3.8, 4) is 11.1 Å². The Morgan fingerprint density at radius 2 is 2.03 bits per heavy atom. The third-order valence-electron chi connectivity index (χ3n) is 6.70. The summed E-state index contributed by atoms with van der Waals surface area (Å²) in [5.41, 5.74) is 5.27. The number of rotatable bonds is 6. The van der Waals surface area contributed by atoms with Crippen LogP contribution in [0.4, 0.5) is 10.5 Å². The van der Waals surface area contributed by atoms with Gasteiger partial charge >= 0.3 is 6.03 Å². The van der Waals surface area contributed by atoms with Crippen LogP contribution in [-0.4, -0.2) is 48.6 Å². The third kappa shape index (κ3) is 3.81. The van der Waals surface area contributed by atoms with Crippen molar-refractivity contribution in [3.63, 3.8) is 0 Å². The average molecular weight is 437 g/mol. The van der Waals surface area contributed by atoms with Gasteiger partial charge in [0.25, 0.3) is 0 Å². The predicted octanol–water partition coefficient (Wildman–Crippen LogP) is 5.29. The topological polar surface area (TPSA) is 51.4 Å². The van der Waals surface area contributed by atoms with E-state index in [1.165, 1.54) is 5.56 Å². The number of nitrogens with zero attached hydrogens (tertiary/aromatic N) is 2. The molecule has 2 fully saturated rings. The maximum absolute atomic E-state index is 13.2. The minimum absolute atomic E-state index is 0.121. The van der Waals surface area contributed by atoms with Gasteiger partial charge in [-0.2, -0.15) is 0 Å². The number of anilines is 1. The maximum Gasteiger partial charge on any atom is 0.324 e. The second-order valence-electron chi connectivity index (χ2n) is 8.66. The summed E-state index contributed by atoms with van der Waals surface area (Å²) in [4.78, 5) is 20.4. The first-order valence-corrected chi connectivity index (χ1v) is 11.7. The van der Waals surface area contributed by atoms with Gasteiger partial charge in [0.05, 0.1) is 5.02 Å². The molecule has 1 aromatic heterocycles. The van der Waals surface area contributed by atoms with E-state index in [4.69, 9.17) is 11.6 Å². The second-order valence-corrected chi connectivity index (χ2v) is 9.03. The van der Waals surface area contributed by atoms with Crippen LogP contribution in [0, 0.1) is 5.92 Å². The molecule has 3 aromatic rings. The molecular formula is C25H29ClN4O. The highest BCUT2D eigenvalue weighted by Gasteiger charge is 2.28. The zero-order valence-corrected chi connectivity index (χ0v) is 18.7. The molecular weight excluding hydrogens is 408 g/mol. The van der Waals surface area contributed by atoms with Gasteiger partial charge in [0.15, 0.2) is 0 Å². The number of fused-ring (bicyclic) bond motifs is 1. The van der Waals surface area contributed by atoms with Gasteiger partial charge in [0, 0.05) is 48.0 Å². The number of hydrogen-bond donors (Lipinski definition) is 2. The van der Waals surface area contributed by atoms with Crippen LogP contribution >= 0.6 is 11.6 Å². The molecule has 2 aromatic carbocycles. The Bertz CT molecular complexity index is 1100. The van der Waals surface area contributed by atoms with Gasteiger partial charge in [0.1, 0.15) is 0 Å². The smallest absolute Gasteiger partial charge is 0.324 e. The number of halogens is 1. The SMILES string of the molecule is CCc1c[nH]c2ccc(-c3cccc(N4CCCN(CCC5CNC5)C4=O)c3)c(Cl)c12. The lowest BCUT2D eigenvalue weighted by Crippen LogP contribution is -2.51. The molecule has 0 bridgehead atoms. The number of amides is 2. The third-order valence-corrected chi connectivity index (χ3v) is 7.09. The van der Waals surface area contributed by atoms with Crippen LogP contribution in [0.15, 0.2) is 42.6 Å². The van der Waals surface area contributed by atoms with Gasteiger partial charge in [-0.05, 0) is 67.6 Å². The molecule has 0 unspecified atom stereocenters. The van der Waals surface area contributed by atoms with Crippen LogP contribution in [0.25, 0.3) is 22.0 Å².